The quantitative estimate of drug-likeness (QED) is 0.785. The molecular weight excluding hydrogens is 364 g/mol. The van der Waals surface area contributed by atoms with Crippen molar-refractivity contribution in [1.82, 2.24) is 9.03 Å². The van der Waals surface area contributed by atoms with E-state index < -0.39 is 26.2 Å². The highest BCUT2D eigenvalue weighted by Crippen LogP contribution is 2.24. The molecule has 0 aromatic heterocycles. The van der Waals surface area contributed by atoms with Gasteiger partial charge in [0.25, 0.3) is 0 Å². The van der Waals surface area contributed by atoms with Gasteiger partial charge in [0.2, 0.25) is 20.0 Å². The van der Waals surface area contributed by atoms with E-state index in [0.717, 1.165) is 25.7 Å². The molecule has 1 aromatic rings. The van der Waals surface area contributed by atoms with Crippen LogP contribution < -0.4 is 4.72 Å². The molecule has 9 heteroatoms. The second-order valence-electron chi connectivity index (χ2n) is 6.73. The molecule has 0 bridgehead atoms. The zero-order valence-corrected chi connectivity index (χ0v) is 15.6. The fraction of sp³-hybridized carbons (Fsp3) is 0.625. The van der Waals surface area contributed by atoms with Crippen molar-refractivity contribution in [2.24, 2.45) is 0 Å². The second-order valence-corrected chi connectivity index (χ2v) is 10.4. The van der Waals surface area contributed by atoms with Crippen LogP contribution in [0.3, 0.4) is 0 Å². The smallest absolute Gasteiger partial charge is 0.243 e. The van der Waals surface area contributed by atoms with Gasteiger partial charge in [-0.2, -0.15) is 4.31 Å². The monoisotopic (exact) mass is 388 g/mol. The molecule has 2 aliphatic rings. The lowest BCUT2D eigenvalue weighted by Gasteiger charge is -2.29. The number of hydrogen-bond donors (Lipinski definition) is 2. The Balaban J connectivity index is 1.77. The summed E-state index contributed by atoms with van der Waals surface area (Å²) >= 11 is 0. The van der Waals surface area contributed by atoms with E-state index in [2.05, 4.69) is 4.72 Å². The van der Waals surface area contributed by atoms with Gasteiger partial charge < -0.3 is 5.11 Å². The molecule has 0 amide bonds. The number of β-amino-alcohol motifs (C(OH)–C–C–N with tert-alkyl or cyclic N) is 1. The Bertz CT molecular complexity index is 799. The molecule has 1 saturated heterocycles. The van der Waals surface area contributed by atoms with Crippen LogP contribution >= 0.6 is 0 Å². The number of benzene rings is 1. The first-order chi connectivity index (χ1) is 11.8. The van der Waals surface area contributed by atoms with Crippen LogP contribution in [0.1, 0.15) is 38.5 Å². The van der Waals surface area contributed by atoms with E-state index in [-0.39, 0.29) is 22.4 Å². The van der Waals surface area contributed by atoms with Crippen molar-refractivity contribution in [2.45, 2.75) is 60.5 Å². The summed E-state index contributed by atoms with van der Waals surface area (Å²) in [6.45, 7) is 0.439. The summed E-state index contributed by atoms with van der Waals surface area (Å²) in [6.07, 6.45) is 4.26. The van der Waals surface area contributed by atoms with E-state index in [1.165, 1.54) is 28.6 Å². The summed E-state index contributed by atoms with van der Waals surface area (Å²) in [5.41, 5.74) is 0. The maximum atomic E-state index is 12.6. The lowest BCUT2D eigenvalue weighted by Crippen LogP contribution is -2.42. The van der Waals surface area contributed by atoms with Crippen LogP contribution in [0.4, 0.5) is 0 Å². The number of rotatable bonds is 5. The van der Waals surface area contributed by atoms with Gasteiger partial charge in [0.15, 0.2) is 0 Å². The summed E-state index contributed by atoms with van der Waals surface area (Å²) in [7, 11) is -7.36. The van der Waals surface area contributed by atoms with Crippen LogP contribution in [-0.2, 0) is 20.0 Å². The van der Waals surface area contributed by atoms with E-state index >= 15 is 0 Å². The van der Waals surface area contributed by atoms with Crippen LogP contribution in [0.5, 0.6) is 0 Å². The van der Waals surface area contributed by atoms with Gasteiger partial charge >= 0.3 is 0 Å². The largest absolute Gasteiger partial charge is 0.392 e. The van der Waals surface area contributed by atoms with Gasteiger partial charge in [-0.3, -0.25) is 0 Å². The molecule has 1 saturated carbocycles. The molecule has 1 aliphatic heterocycles. The first-order valence-electron chi connectivity index (χ1n) is 8.60. The van der Waals surface area contributed by atoms with Gasteiger partial charge in [-0.15, -0.1) is 0 Å². The number of nitrogens with one attached hydrogen (secondary N) is 1. The molecule has 1 aromatic carbocycles. The molecule has 1 heterocycles. The summed E-state index contributed by atoms with van der Waals surface area (Å²) in [5, 5.41) is 9.68. The summed E-state index contributed by atoms with van der Waals surface area (Å²) in [6, 6.07) is 5.25. The molecule has 7 nitrogen and oxygen atoms in total. The lowest BCUT2D eigenvalue weighted by atomic mass is 10.1. The lowest BCUT2D eigenvalue weighted by molar-refractivity contribution is 0.108. The third-order valence-electron chi connectivity index (χ3n) is 4.81. The molecule has 2 N–H and O–H groups in total. The Kier molecular flexibility index (Phi) is 5.50. The maximum absolute atomic E-state index is 12.6. The van der Waals surface area contributed by atoms with Gasteiger partial charge in [0.1, 0.15) is 0 Å². The van der Waals surface area contributed by atoms with Gasteiger partial charge in [-0.1, -0.05) is 12.8 Å². The Morgan fingerprint density at radius 3 is 2.12 bits per heavy atom. The average Bonchev–Trinajstić information content (AvgIpc) is 3.07. The SMILES string of the molecule is O=S(=O)(NC1CCCC1)c1ccc(S(=O)(=O)N2CCC[C@@H](O)C2)cc1. The Labute approximate surface area is 149 Å². The van der Waals surface area contributed by atoms with Gasteiger partial charge in [-0.25, -0.2) is 21.6 Å². The van der Waals surface area contributed by atoms with Crippen molar-refractivity contribution in [3.8, 4) is 0 Å². The number of aliphatic hydroxyl groups is 1. The van der Waals surface area contributed by atoms with Gasteiger partial charge in [0, 0.05) is 19.1 Å². The maximum Gasteiger partial charge on any atom is 0.243 e. The molecule has 1 aliphatic carbocycles. The Morgan fingerprint density at radius 1 is 0.920 bits per heavy atom. The first kappa shape index (κ1) is 18.8. The number of piperidine rings is 1. The van der Waals surface area contributed by atoms with Gasteiger partial charge in [-0.05, 0) is 49.9 Å². The second kappa shape index (κ2) is 7.32. The zero-order valence-electron chi connectivity index (χ0n) is 14.0. The number of hydrogen-bond acceptors (Lipinski definition) is 5. The summed E-state index contributed by atoms with van der Waals surface area (Å²) in [4.78, 5) is 0.110. The minimum Gasteiger partial charge on any atom is -0.392 e. The van der Waals surface area contributed by atoms with Crippen LogP contribution in [0.25, 0.3) is 0 Å². The third-order valence-corrected chi connectivity index (χ3v) is 8.22. The van der Waals surface area contributed by atoms with Gasteiger partial charge in [0.05, 0.1) is 15.9 Å². The fourth-order valence-corrected chi connectivity index (χ4v) is 6.23. The van der Waals surface area contributed by atoms with Crippen LogP contribution in [-0.4, -0.2) is 51.5 Å². The fourth-order valence-electron chi connectivity index (χ4n) is 3.41. The predicted octanol–water partition coefficient (Wildman–Crippen LogP) is 1.05. The third kappa shape index (κ3) is 4.22. The molecule has 0 radical (unpaired) electrons. The van der Waals surface area contributed by atoms with Crippen LogP contribution in [0, 0.1) is 0 Å². The summed E-state index contributed by atoms with van der Waals surface area (Å²) in [5.74, 6) is 0. The number of sulfonamides is 2. The van der Waals surface area contributed by atoms with E-state index in [0.29, 0.717) is 19.4 Å². The molecule has 2 fully saturated rings. The Hall–Kier alpha value is -1.00. The van der Waals surface area contributed by atoms with Crippen molar-refractivity contribution in [2.75, 3.05) is 13.1 Å². The van der Waals surface area contributed by atoms with E-state index in [4.69, 9.17) is 0 Å². The van der Waals surface area contributed by atoms with Crippen molar-refractivity contribution in [1.29, 1.82) is 0 Å². The molecule has 3 rings (SSSR count). The first-order valence-corrected chi connectivity index (χ1v) is 11.5. The molecule has 0 unspecified atom stereocenters. The highest BCUT2D eigenvalue weighted by atomic mass is 32.2. The minimum atomic E-state index is -3.72. The van der Waals surface area contributed by atoms with Crippen molar-refractivity contribution >= 4 is 20.0 Å². The van der Waals surface area contributed by atoms with Crippen LogP contribution in [0.15, 0.2) is 34.1 Å². The average molecular weight is 389 g/mol. The normalized spacial score (nSPS) is 23.8. The van der Waals surface area contributed by atoms with Crippen molar-refractivity contribution < 1.29 is 21.9 Å². The Morgan fingerprint density at radius 2 is 1.52 bits per heavy atom. The van der Waals surface area contributed by atoms with Crippen LogP contribution in [0.2, 0.25) is 0 Å². The standard InChI is InChI=1S/C16H24N2O5S2/c19-14-6-3-11-18(12-14)25(22,23)16-9-7-15(8-10-16)24(20,21)17-13-4-1-2-5-13/h7-10,13-14,17,19H,1-6,11-12H2/t14-/m1/s1. The highest BCUT2D eigenvalue weighted by Gasteiger charge is 2.30. The highest BCUT2D eigenvalue weighted by molar-refractivity contribution is 7.89. The summed E-state index contributed by atoms with van der Waals surface area (Å²) < 4.78 is 54.0. The predicted molar refractivity (Wildman–Crippen MR) is 93.0 cm³/mol. The number of nitrogens with zero attached hydrogens (tertiary/aromatic N) is 1. The van der Waals surface area contributed by atoms with Crippen molar-refractivity contribution in [3.63, 3.8) is 0 Å². The van der Waals surface area contributed by atoms with E-state index in [1.807, 2.05) is 0 Å². The van der Waals surface area contributed by atoms with E-state index in [1.54, 1.807) is 0 Å². The molecular formula is C16H24N2O5S2. The van der Waals surface area contributed by atoms with Crippen molar-refractivity contribution in [3.05, 3.63) is 24.3 Å². The molecule has 1 atom stereocenters. The van der Waals surface area contributed by atoms with E-state index in [9.17, 15) is 21.9 Å². The topological polar surface area (TPSA) is 104 Å². The molecule has 0 spiro atoms. The number of aliphatic hydroxyl groups excluding tert-OH is 1. The minimum absolute atomic E-state index is 0.0387. The molecule has 140 valence electrons. The zero-order chi connectivity index (χ0) is 18.1. The molecule has 25 heavy (non-hydrogen) atoms.